The average molecular weight is 339 g/mol. The van der Waals surface area contributed by atoms with E-state index in [1.807, 2.05) is 52.8 Å². The van der Waals surface area contributed by atoms with Gasteiger partial charge in [0.25, 0.3) is 0 Å². The first kappa shape index (κ1) is 21.2. The van der Waals surface area contributed by atoms with Crippen LogP contribution in [0.5, 0.6) is 0 Å². The predicted molar refractivity (Wildman–Crippen MR) is 90.0 cm³/mol. The van der Waals surface area contributed by atoms with Crippen molar-refractivity contribution >= 4 is 11.1 Å². The van der Waals surface area contributed by atoms with Crippen molar-refractivity contribution in [3.8, 4) is 0 Å². The fourth-order valence-electron chi connectivity index (χ4n) is 2.02. The summed E-state index contributed by atoms with van der Waals surface area (Å²) in [5, 5.41) is 11.0. The quantitative estimate of drug-likeness (QED) is 0.461. The Balaban J connectivity index is 0.000000392. The summed E-state index contributed by atoms with van der Waals surface area (Å²) < 4.78 is 21.5. The van der Waals surface area contributed by atoms with Crippen LogP contribution in [0.4, 0.5) is 0 Å². The number of nitrogens with zero attached hydrogens (tertiary/aromatic N) is 2. The van der Waals surface area contributed by atoms with Gasteiger partial charge in [-0.1, -0.05) is 17.7 Å². The topological polar surface area (TPSA) is 103 Å². The molecular weight excluding hydrogens is 314 g/mol. The number of rotatable bonds is 1. The minimum Gasteiger partial charge on any atom is -0.768 e. The van der Waals surface area contributed by atoms with Gasteiger partial charge >= 0.3 is 0 Å². The molecule has 0 aliphatic carbocycles. The highest BCUT2D eigenvalue weighted by molar-refractivity contribution is 7.79. The summed E-state index contributed by atoms with van der Waals surface area (Å²) in [7, 11) is 1.00. The minimum atomic E-state index is -2.11. The number of aromatic nitrogens is 2. The van der Waals surface area contributed by atoms with Crippen molar-refractivity contribution in [1.82, 2.24) is 5.10 Å². The SMILES string of the molecule is CO.Cc1cc(C)c(S(=O)[O-])c(C)c1.Cc1cc[n+](N)nc1C. The highest BCUT2D eigenvalue weighted by Gasteiger charge is 2.03. The fourth-order valence-corrected chi connectivity index (χ4v) is 2.67. The Morgan fingerprint density at radius 3 is 1.91 bits per heavy atom. The summed E-state index contributed by atoms with van der Waals surface area (Å²) in [5.74, 6) is 5.33. The summed E-state index contributed by atoms with van der Waals surface area (Å²) in [6.07, 6.45) is 1.72. The Hall–Kier alpha value is -1.83. The van der Waals surface area contributed by atoms with Crippen LogP contribution in [0.3, 0.4) is 0 Å². The molecule has 3 N–H and O–H groups in total. The summed E-state index contributed by atoms with van der Waals surface area (Å²) in [4.78, 5) is 1.74. The molecule has 0 amide bonds. The number of aliphatic hydroxyl groups excluding tert-OH is 1. The van der Waals surface area contributed by atoms with Crippen molar-refractivity contribution < 1.29 is 18.7 Å². The van der Waals surface area contributed by atoms with E-state index in [9.17, 15) is 8.76 Å². The second-order valence-electron chi connectivity index (χ2n) is 5.03. The van der Waals surface area contributed by atoms with Gasteiger partial charge in [0.2, 0.25) is 6.20 Å². The summed E-state index contributed by atoms with van der Waals surface area (Å²) in [6, 6.07) is 5.68. The van der Waals surface area contributed by atoms with E-state index in [-0.39, 0.29) is 0 Å². The average Bonchev–Trinajstić information content (AvgIpc) is 2.44. The number of nitrogens with two attached hydrogens (primary N) is 1. The molecule has 1 aromatic heterocycles. The molecule has 128 valence electrons. The monoisotopic (exact) mass is 339 g/mol. The highest BCUT2D eigenvalue weighted by Crippen LogP contribution is 2.18. The maximum absolute atomic E-state index is 10.8. The lowest BCUT2D eigenvalue weighted by Crippen LogP contribution is -2.48. The zero-order valence-corrected chi connectivity index (χ0v) is 15.3. The van der Waals surface area contributed by atoms with E-state index in [4.69, 9.17) is 10.9 Å². The van der Waals surface area contributed by atoms with Crippen LogP contribution in [0.15, 0.2) is 29.3 Å². The van der Waals surface area contributed by atoms with Crippen LogP contribution in [0.2, 0.25) is 0 Å². The van der Waals surface area contributed by atoms with Crippen LogP contribution in [-0.4, -0.2) is 26.1 Å². The Labute approximate surface area is 140 Å². The molecule has 1 aromatic carbocycles. The van der Waals surface area contributed by atoms with Crippen LogP contribution in [0, 0.1) is 34.6 Å². The van der Waals surface area contributed by atoms with E-state index in [0.29, 0.717) is 4.90 Å². The molecular formula is C16H25N3O3S. The van der Waals surface area contributed by atoms with Crippen molar-refractivity contribution in [2.45, 2.75) is 39.5 Å². The summed E-state index contributed by atoms with van der Waals surface area (Å²) in [6.45, 7) is 9.51. The number of aryl methyl sites for hydroxylation is 5. The van der Waals surface area contributed by atoms with Gasteiger partial charge in [-0.05, 0) is 62.4 Å². The van der Waals surface area contributed by atoms with Crippen molar-refractivity contribution in [1.29, 1.82) is 0 Å². The number of hydrogen-bond donors (Lipinski definition) is 2. The van der Waals surface area contributed by atoms with E-state index in [1.54, 1.807) is 6.20 Å². The Bertz CT molecular complexity index is 653. The largest absolute Gasteiger partial charge is 0.768 e. The molecule has 23 heavy (non-hydrogen) atoms. The van der Waals surface area contributed by atoms with Gasteiger partial charge in [0.05, 0.1) is 0 Å². The first-order chi connectivity index (χ1) is 10.7. The Morgan fingerprint density at radius 2 is 1.57 bits per heavy atom. The third-order valence-corrected chi connectivity index (χ3v) is 4.06. The van der Waals surface area contributed by atoms with E-state index in [2.05, 4.69) is 5.10 Å². The van der Waals surface area contributed by atoms with Gasteiger partial charge in [-0.2, -0.15) is 5.84 Å². The van der Waals surface area contributed by atoms with E-state index < -0.39 is 11.1 Å². The third kappa shape index (κ3) is 6.85. The maximum atomic E-state index is 10.8. The number of benzene rings is 1. The molecule has 0 aliphatic rings. The lowest BCUT2D eigenvalue weighted by atomic mass is 10.1. The molecule has 1 atom stereocenters. The van der Waals surface area contributed by atoms with Gasteiger partial charge in [0, 0.05) is 28.0 Å². The summed E-state index contributed by atoms with van der Waals surface area (Å²) >= 11 is -2.11. The number of nitrogen functional groups attached to an aromatic ring is 1. The molecule has 0 bridgehead atoms. The zero-order valence-electron chi connectivity index (χ0n) is 14.5. The lowest BCUT2D eigenvalue weighted by Gasteiger charge is -2.12. The van der Waals surface area contributed by atoms with Gasteiger partial charge < -0.3 is 9.66 Å². The molecule has 0 saturated heterocycles. The van der Waals surface area contributed by atoms with Gasteiger partial charge in [-0.25, -0.2) is 0 Å². The summed E-state index contributed by atoms with van der Waals surface area (Å²) in [5.41, 5.74) is 4.87. The van der Waals surface area contributed by atoms with Crippen LogP contribution in [-0.2, 0) is 11.1 Å². The van der Waals surface area contributed by atoms with Crippen LogP contribution >= 0.6 is 0 Å². The molecule has 1 unspecified atom stereocenters. The molecule has 1 heterocycles. The normalized spacial score (nSPS) is 10.8. The van der Waals surface area contributed by atoms with E-state index >= 15 is 0 Å². The second-order valence-corrected chi connectivity index (χ2v) is 5.90. The van der Waals surface area contributed by atoms with Gasteiger partial charge in [-0.15, -0.1) is 0 Å². The van der Waals surface area contributed by atoms with E-state index in [1.165, 1.54) is 4.79 Å². The van der Waals surface area contributed by atoms with Gasteiger partial charge in [0.1, 0.15) is 5.69 Å². The maximum Gasteiger partial charge on any atom is 0.230 e. The predicted octanol–water partition coefficient (Wildman–Crippen LogP) is 1.16. The zero-order chi connectivity index (χ0) is 18.2. The van der Waals surface area contributed by atoms with Crippen LogP contribution < -0.4 is 10.6 Å². The molecule has 0 fully saturated rings. The van der Waals surface area contributed by atoms with Crippen molar-refractivity contribution in [2.75, 3.05) is 13.0 Å². The number of aliphatic hydroxyl groups is 1. The third-order valence-electron chi connectivity index (χ3n) is 3.08. The molecule has 2 aromatic rings. The Kier molecular flexibility index (Phi) is 9.24. The van der Waals surface area contributed by atoms with Crippen molar-refractivity contribution in [3.63, 3.8) is 0 Å². The second kappa shape index (κ2) is 10.0. The minimum absolute atomic E-state index is 0.431. The van der Waals surface area contributed by atoms with Crippen LogP contribution in [0.25, 0.3) is 0 Å². The lowest BCUT2D eigenvalue weighted by molar-refractivity contribution is -0.701. The molecule has 0 saturated carbocycles. The molecule has 2 rings (SSSR count). The Morgan fingerprint density at radius 1 is 1.09 bits per heavy atom. The first-order valence-corrected chi connectivity index (χ1v) is 8.03. The number of hydrogen-bond acceptors (Lipinski definition) is 5. The van der Waals surface area contributed by atoms with E-state index in [0.717, 1.165) is 35.1 Å². The molecule has 6 nitrogen and oxygen atoms in total. The molecule has 0 spiro atoms. The van der Waals surface area contributed by atoms with Crippen molar-refractivity contribution in [3.05, 3.63) is 52.3 Å². The highest BCUT2D eigenvalue weighted by atomic mass is 32.2. The molecule has 0 aliphatic heterocycles. The molecule has 0 radical (unpaired) electrons. The van der Waals surface area contributed by atoms with Crippen LogP contribution in [0.1, 0.15) is 27.9 Å². The van der Waals surface area contributed by atoms with Crippen molar-refractivity contribution in [2.24, 2.45) is 0 Å². The van der Waals surface area contributed by atoms with Gasteiger partial charge in [-0.3, -0.25) is 4.21 Å². The smallest absolute Gasteiger partial charge is 0.230 e. The fraction of sp³-hybridized carbons (Fsp3) is 0.375. The van der Waals surface area contributed by atoms with Gasteiger partial charge in [0.15, 0.2) is 0 Å². The first-order valence-electron chi connectivity index (χ1n) is 6.95. The standard InChI is InChI=1S/C9H12O2S.C6H10N3.CH4O/c1-6-4-7(2)9(12(10)11)8(3)5-6;1-5-3-4-9(7)8-6(5)2;1-2/h4-5H,1-3H3,(H,10,11);3-4H,1-2H3,(H2,7,8);2H,1H3/q;+1;/p-1. The molecule has 7 heteroatoms.